The van der Waals surface area contributed by atoms with E-state index in [1.54, 1.807) is 31.6 Å². The van der Waals surface area contributed by atoms with Gasteiger partial charge in [-0.1, -0.05) is 17.3 Å². The summed E-state index contributed by atoms with van der Waals surface area (Å²) in [6.45, 7) is 0.151. The maximum Gasteiger partial charge on any atom is 0.251 e. The zero-order valence-corrected chi connectivity index (χ0v) is 12.4. The summed E-state index contributed by atoms with van der Waals surface area (Å²) in [4.78, 5) is 20.1. The predicted molar refractivity (Wildman–Crippen MR) is 81.7 cm³/mol. The molecule has 0 aliphatic rings. The summed E-state index contributed by atoms with van der Waals surface area (Å²) in [5.74, 6) is 1.25. The molecule has 1 aromatic carbocycles. The molecule has 0 radical (unpaired) electrons. The van der Waals surface area contributed by atoms with E-state index in [1.165, 1.54) is 0 Å². The molecule has 0 spiro atoms. The molecule has 7 nitrogen and oxygen atoms in total. The van der Waals surface area contributed by atoms with Crippen LogP contribution in [-0.2, 0) is 6.54 Å². The number of carbonyl (C=O) groups excluding carboxylic acids is 1. The number of pyridine rings is 1. The van der Waals surface area contributed by atoms with Crippen LogP contribution in [0.5, 0.6) is 5.75 Å². The molecule has 1 amide bonds. The van der Waals surface area contributed by atoms with Crippen molar-refractivity contribution in [3.05, 3.63) is 60.2 Å². The van der Waals surface area contributed by atoms with Gasteiger partial charge in [0.1, 0.15) is 5.75 Å². The average Bonchev–Trinajstić information content (AvgIpc) is 3.09. The van der Waals surface area contributed by atoms with Crippen LogP contribution in [0, 0.1) is 0 Å². The van der Waals surface area contributed by atoms with Gasteiger partial charge in [-0.05, 0) is 24.3 Å². The number of methoxy groups -OCH3 is 1. The van der Waals surface area contributed by atoms with Gasteiger partial charge in [-0.25, -0.2) is 0 Å². The van der Waals surface area contributed by atoms with Crippen molar-refractivity contribution in [3.63, 3.8) is 0 Å². The minimum atomic E-state index is -0.228. The summed E-state index contributed by atoms with van der Waals surface area (Å²) in [5.41, 5.74) is 1.30. The number of aromatic nitrogens is 3. The van der Waals surface area contributed by atoms with Crippen LogP contribution in [0.4, 0.5) is 0 Å². The number of amides is 1. The van der Waals surface area contributed by atoms with E-state index in [0.717, 1.165) is 5.56 Å². The van der Waals surface area contributed by atoms with E-state index in [-0.39, 0.29) is 12.5 Å². The van der Waals surface area contributed by atoms with E-state index in [1.807, 2.05) is 24.3 Å². The summed E-state index contributed by atoms with van der Waals surface area (Å²) < 4.78 is 10.3. The molecule has 0 saturated heterocycles. The van der Waals surface area contributed by atoms with Crippen LogP contribution in [0.3, 0.4) is 0 Å². The lowest BCUT2D eigenvalue weighted by Gasteiger charge is -2.01. The highest BCUT2D eigenvalue weighted by Crippen LogP contribution is 2.21. The predicted octanol–water partition coefficient (Wildman–Crippen LogP) is 2.07. The first-order valence-electron chi connectivity index (χ1n) is 6.91. The fraction of sp³-hybridized carbons (Fsp3) is 0.125. The lowest BCUT2D eigenvalue weighted by atomic mass is 10.2. The topological polar surface area (TPSA) is 90.1 Å². The van der Waals surface area contributed by atoms with E-state index in [9.17, 15) is 4.79 Å². The van der Waals surface area contributed by atoms with Crippen molar-refractivity contribution in [2.45, 2.75) is 6.54 Å². The van der Waals surface area contributed by atoms with Crippen LogP contribution in [0.1, 0.15) is 16.2 Å². The Morgan fingerprint density at radius 1 is 1.26 bits per heavy atom. The zero-order valence-electron chi connectivity index (χ0n) is 12.4. The quantitative estimate of drug-likeness (QED) is 0.776. The number of nitrogens with one attached hydrogen (secondary N) is 1. The fourth-order valence-electron chi connectivity index (χ4n) is 1.97. The van der Waals surface area contributed by atoms with Gasteiger partial charge in [0, 0.05) is 23.5 Å². The smallest absolute Gasteiger partial charge is 0.251 e. The van der Waals surface area contributed by atoms with Crippen molar-refractivity contribution >= 4 is 5.91 Å². The monoisotopic (exact) mass is 310 g/mol. The van der Waals surface area contributed by atoms with Crippen molar-refractivity contribution in [2.24, 2.45) is 0 Å². The van der Waals surface area contributed by atoms with Crippen molar-refractivity contribution in [3.8, 4) is 17.1 Å². The number of hydrogen-bond acceptors (Lipinski definition) is 6. The van der Waals surface area contributed by atoms with Gasteiger partial charge >= 0.3 is 0 Å². The maximum atomic E-state index is 11.9. The van der Waals surface area contributed by atoms with Gasteiger partial charge in [0.2, 0.25) is 11.7 Å². The standard InChI is InChI=1S/C16H14N4O3/c1-22-13-4-2-3-12(9-13)15-19-14(23-20-15)10-18-16(21)11-5-7-17-8-6-11/h2-9H,10H2,1H3,(H,18,21). The molecule has 0 bridgehead atoms. The molecule has 3 aromatic rings. The highest BCUT2D eigenvalue weighted by Gasteiger charge is 2.11. The summed E-state index contributed by atoms with van der Waals surface area (Å²) >= 11 is 0. The third kappa shape index (κ3) is 3.52. The third-order valence-electron chi connectivity index (χ3n) is 3.14. The zero-order chi connectivity index (χ0) is 16.1. The molecule has 0 fully saturated rings. The van der Waals surface area contributed by atoms with Crippen molar-refractivity contribution in [1.82, 2.24) is 20.4 Å². The molecule has 23 heavy (non-hydrogen) atoms. The minimum Gasteiger partial charge on any atom is -0.497 e. The Balaban J connectivity index is 1.66. The Morgan fingerprint density at radius 3 is 2.87 bits per heavy atom. The minimum absolute atomic E-state index is 0.151. The molecule has 116 valence electrons. The Bertz CT molecular complexity index is 802. The second-order valence-corrected chi connectivity index (χ2v) is 4.66. The fourth-order valence-corrected chi connectivity index (χ4v) is 1.97. The van der Waals surface area contributed by atoms with Crippen LogP contribution in [-0.4, -0.2) is 28.1 Å². The molecule has 0 unspecified atom stereocenters. The van der Waals surface area contributed by atoms with Crippen LogP contribution in [0.25, 0.3) is 11.4 Å². The second kappa shape index (κ2) is 6.69. The molecule has 1 N–H and O–H groups in total. The number of rotatable bonds is 5. The Hall–Kier alpha value is -3.22. The van der Waals surface area contributed by atoms with Crippen molar-refractivity contribution in [1.29, 1.82) is 0 Å². The van der Waals surface area contributed by atoms with Crippen LogP contribution < -0.4 is 10.1 Å². The van der Waals surface area contributed by atoms with Gasteiger partial charge in [0.05, 0.1) is 13.7 Å². The van der Waals surface area contributed by atoms with E-state index in [4.69, 9.17) is 9.26 Å². The van der Waals surface area contributed by atoms with Crippen molar-refractivity contribution in [2.75, 3.05) is 7.11 Å². The highest BCUT2D eigenvalue weighted by atomic mass is 16.5. The summed E-state index contributed by atoms with van der Waals surface area (Å²) in [6.07, 6.45) is 3.12. The maximum absolute atomic E-state index is 11.9. The first kappa shape index (κ1) is 14.7. The lowest BCUT2D eigenvalue weighted by molar-refractivity contribution is 0.0946. The van der Waals surface area contributed by atoms with E-state index < -0.39 is 0 Å². The van der Waals surface area contributed by atoms with Gasteiger partial charge in [-0.15, -0.1) is 0 Å². The number of benzene rings is 1. The Labute approximate surface area is 132 Å². The molecule has 0 aliphatic carbocycles. The molecule has 3 rings (SSSR count). The Morgan fingerprint density at radius 2 is 2.09 bits per heavy atom. The van der Waals surface area contributed by atoms with Gasteiger partial charge in [0.25, 0.3) is 5.91 Å². The number of hydrogen-bond donors (Lipinski definition) is 1. The molecular weight excluding hydrogens is 296 g/mol. The largest absolute Gasteiger partial charge is 0.497 e. The van der Waals surface area contributed by atoms with E-state index in [0.29, 0.717) is 23.0 Å². The van der Waals surface area contributed by atoms with Gasteiger partial charge < -0.3 is 14.6 Å². The molecule has 2 heterocycles. The first-order chi connectivity index (χ1) is 11.3. The lowest BCUT2D eigenvalue weighted by Crippen LogP contribution is -2.22. The van der Waals surface area contributed by atoms with Crippen LogP contribution >= 0.6 is 0 Å². The van der Waals surface area contributed by atoms with Crippen LogP contribution in [0.15, 0.2) is 53.3 Å². The van der Waals surface area contributed by atoms with Gasteiger partial charge in [-0.3, -0.25) is 9.78 Å². The van der Waals surface area contributed by atoms with Gasteiger partial charge in [-0.2, -0.15) is 4.98 Å². The Kier molecular flexibility index (Phi) is 4.28. The van der Waals surface area contributed by atoms with E-state index in [2.05, 4.69) is 20.4 Å². The molecule has 0 atom stereocenters. The van der Waals surface area contributed by atoms with Gasteiger partial charge in [0.15, 0.2) is 0 Å². The molecule has 2 aromatic heterocycles. The second-order valence-electron chi connectivity index (χ2n) is 4.66. The summed E-state index contributed by atoms with van der Waals surface area (Å²) in [7, 11) is 1.59. The normalized spacial score (nSPS) is 10.3. The summed E-state index contributed by atoms with van der Waals surface area (Å²) in [5, 5.41) is 6.62. The molecule has 7 heteroatoms. The molecular formula is C16H14N4O3. The highest BCUT2D eigenvalue weighted by molar-refractivity contribution is 5.93. The van der Waals surface area contributed by atoms with Crippen LogP contribution in [0.2, 0.25) is 0 Å². The van der Waals surface area contributed by atoms with Crippen molar-refractivity contribution < 1.29 is 14.1 Å². The molecule has 0 aliphatic heterocycles. The summed E-state index contributed by atoms with van der Waals surface area (Å²) in [6, 6.07) is 10.6. The number of carbonyl (C=O) groups is 1. The van der Waals surface area contributed by atoms with E-state index >= 15 is 0 Å². The number of ether oxygens (including phenoxy) is 1. The third-order valence-corrected chi connectivity index (χ3v) is 3.14. The average molecular weight is 310 g/mol. The SMILES string of the molecule is COc1cccc(-c2noc(CNC(=O)c3ccncc3)n2)c1. The first-order valence-corrected chi connectivity index (χ1v) is 6.91. The molecule has 0 saturated carbocycles. The number of nitrogens with zero attached hydrogens (tertiary/aromatic N) is 3.